The average Bonchev–Trinajstić information content (AvgIpc) is 3.78. The Bertz CT molecular complexity index is 2290. The Balaban J connectivity index is 1.23. The number of likely N-dealkylation sites (tertiary alicyclic amines) is 1. The molecule has 0 bridgehead atoms. The summed E-state index contributed by atoms with van der Waals surface area (Å²) in [5.41, 5.74) is 3.14. The zero-order valence-corrected chi connectivity index (χ0v) is 26.8. The van der Waals surface area contributed by atoms with Gasteiger partial charge in [-0.3, -0.25) is 14.7 Å². The van der Waals surface area contributed by atoms with E-state index in [9.17, 15) is 19.2 Å². The lowest BCUT2D eigenvalue weighted by Crippen LogP contribution is -2.42. The highest BCUT2D eigenvalue weighted by molar-refractivity contribution is 6.01. The van der Waals surface area contributed by atoms with Crippen molar-refractivity contribution < 1.29 is 14.3 Å². The number of pyridine rings is 1. The van der Waals surface area contributed by atoms with Crippen molar-refractivity contribution >= 4 is 28.7 Å². The maximum absolute atomic E-state index is 14.0. The summed E-state index contributed by atoms with van der Waals surface area (Å²) in [6.45, 7) is 4.73. The fourth-order valence-corrected chi connectivity index (χ4v) is 6.19. The summed E-state index contributed by atoms with van der Waals surface area (Å²) in [6, 6.07) is 25.3. The van der Waals surface area contributed by atoms with Gasteiger partial charge in [-0.25, -0.2) is 19.1 Å². The number of nitrogens with one attached hydrogen (secondary N) is 2. The summed E-state index contributed by atoms with van der Waals surface area (Å²) in [6.07, 6.45) is 5.78. The number of aromatic nitrogens is 5. The number of nitrogens with zero attached hydrogens (tertiary/aromatic N) is 5. The molecule has 0 radical (unpaired) electrons. The molecule has 1 aliphatic heterocycles. The number of hydrogen-bond donors (Lipinski definition) is 2. The summed E-state index contributed by atoms with van der Waals surface area (Å²) in [4.78, 5) is 62.8. The van der Waals surface area contributed by atoms with E-state index in [-0.39, 0.29) is 23.3 Å². The molecule has 3 aromatic carbocycles. The Morgan fingerprint density at radius 3 is 2.43 bits per heavy atom. The van der Waals surface area contributed by atoms with Gasteiger partial charge in [-0.2, -0.15) is 9.67 Å². The van der Waals surface area contributed by atoms with Crippen LogP contribution in [0.25, 0.3) is 39.0 Å². The first kappa shape index (κ1) is 31.5. The van der Waals surface area contributed by atoms with E-state index in [1.54, 1.807) is 55.7 Å². The van der Waals surface area contributed by atoms with Crippen LogP contribution in [-0.4, -0.2) is 60.9 Å². The SMILES string of the molecule is CCOC(=O)c1nn(-c2cccc(-c3cccnc3)c2)c2c(=O)n(C(=O)Nc3ccc(-c4ccccc4CN4CCCC4)cc3)c(=O)[nH]c12. The second-order valence-electron chi connectivity index (χ2n) is 11.7. The summed E-state index contributed by atoms with van der Waals surface area (Å²) in [5.74, 6) is -0.825. The number of carbonyl (C=O) groups is 2. The zero-order valence-electron chi connectivity index (χ0n) is 26.8. The summed E-state index contributed by atoms with van der Waals surface area (Å²) in [7, 11) is 0. The highest BCUT2D eigenvalue weighted by atomic mass is 16.5. The quantitative estimate of drug-likeness (QED) is 0.206. The molecule has 2 N–H and O–H groups in total. The fourth-order valence-electron chi connectivity index (χ4n) is 6.19. The van der Waals surface area contributed by atoms with Gasteiger partial charge in [0.05, 0.1) is 12.3 Å². The number of amides is 1. The van der Waals surface area contributed by atoms with Crippen molar-refractivity contribution in [3.05, 3.63) is 129 Å². The molecule has 1 fully saturated rings. The third-order valence-corrected chi connectivity index (χ3v) is 8.54. The topological polar surface area (TPSA) is 144 Å². The number of aromatic amines is 1. The molecule has 49 heavy (non-hydrogen) atoms. The molecule has 246 valence electrons. The molecular weight excluding hydrogens is 622 g/mol. The number of anilines is 1. The van der Waals surface area contributed by atoms with Gasteiger partial charge in [0.2, 0.25) is 0 Å². The number of fused-ring (bicyclic) bond motifs is 1. The van der Waals surface area contributed by atoms with Gasteiger partial charge >= 0.3 is 17.7 Å². The van der Waals surface area contributed by atoms with E-state index in [0.717, 1.165) is 41.9 Å². The maximum Gasteiger partial charge on any atom is 0.361 e. The van der Waals surface area contributed by atoms with Crippen molar-refractivity contribution in [2.45, 2.75) is 26.3 Å². The first-order valence-corrected chi connectivity index (χ1v) is 16.1. The van der Waals surface area contributed by atoms with Crippen LogP contribution in [-0.2, 0) is 11.3 Å². The molecule has 6 aromatic rings. The number of benzene rings is 3. The number of H-pyrrole nitrogens is 1. The molecule has 0 saturated carbocycles. The van der Waals surface area contributed by atoms with E-state index < -0.39 is 23.2 Å². The summed E-state index contributed by atoms with van der Waals surface area (Å²) in [5, 5.41) is 7.05. The van der Waals surface area contributed by atoms with E-state index >= 15 is 0 Å². The van der Waals surface area contributed by atoms with Gasteiger partial charge in [-0.15, -0.1) is 0 Å². The predicted octanol–water partition coefficient (Wildman–Crippen LogP) is 5.46. The third kappa shape index (κ3) is 6.29. The molecule has 7 rings (SSSR count). The van der Waals surface area contributed by atoms with Crippen LogP contribution in [0.3, 0.4) is 0 Å². The van der Waals surface area contributed by atoms with Crippen molar-refractivity contribution in [2.75, 3.05) is 25.0 Å². The Labute approximate surface area is 280 Å². The van der Waals surface area contributed by atoms with Gasteiger partial charge in [0, 0.05) is 30.2 Å². The molecule has 0 unspecified atom stereocenters. The van der Waals surface area contributed by atoms with Gasteiger partial charge in [-0.1, -0.05) is 54.6 Å². The van der Waals surface area contributed by atoms with E-state index in [4.69, 9.17) is 4.74 Å². The van der Waals surface area contributed by atoms with E-state index in [2.05, 4.69) is 37.4 Å². The highest BCUT2D eigenvalue weighted by Crippen LogP contribution is 2.28. The molecule has 0 atom stereocenters. The fraction of sp³-hybridized carbons (Fsp3) is 0.189. The number of carbonyl (C=O) groups excluding carboxylic acids is 2. The Morgan fingerprint density at radius 1 is 0.898 bits per heavy atom. The second-order valence-corrected chi connectivity index (χ2v) is 11.7. The Kier molecular flexibility index (Phi) is 8.69. The highest BCUT2D eigenvalue weighted by Gasteiger charge is 2.26. The maximum atomic E-state index is 14.0. The van der Waals surface area contributed by atoms with Gasteiger partial charge in [0.15, 0.2) is 11.2 Å². The number of ether oxygens (including phenoxy) is 1. The summed E-state index contributed by atoms with van der Waals surface area (Å²) >= 11 is 0. The van der Waals surface area contributed by atoms with Crippen molar-refractivity contribution in [2.24, 2.45) is 0 Å². The van der Waals surface area contributed by atoms with Crippen LogP contribution in [0.15, 0.2) is 107 Å². The molecule has 0 aliphatic carbocycles. The van der Waals surface area contributed by atoms with Gasteiger partial charge in [0.25, 0.3) is 5.56 Å². The molecular formula is C37H33N7O5. The van der Waals surface area contributed by atoms with Crippen LogP contribution >= 0.6 is 0 Å². The minimum absolute atomic E-state index is 0.0518. The minimum atomic E-state index is -1.03. The minimum Gasteiger partial charge on any atom is -0.461 e. The smallest absolute Gasteiger partial charge is 0.361 e. The van der Waals surface area contributed by atoms with Crippen molar-refractivity contribution in [3.8, 4) is 27.9 Å². The molecule has 12 nitrogen and oxygen atoms in total. The lowest BCUT2D eigenvalue weighted by Gasteiger charge is -2.18. The first-order valence-electron chi connectivity index (χ1n) is 16.1. The average molecular weight is 656 g/mol. The first-order chi connectivity index (χ1) is 23.9. The van der Waals surface area contributed by atoms with Crippen molar-refractivity contribution in [3.63, 3.8) is 0 Å². The van der Waals surface area contributed by atoms with Crippen LogP contribution in [0.2, 0.25) is 0 Å². The molecule has 1 saturated heterocycles. The molecule has 4 heterocycles. The molecule has 0 spiro atoms. The van der Waals surface area contributed by atoms with Crippen LogP contribution in [0.5, 0.6) is 0 Å². The van der Waals surface area contributed by atoms with Crippen LogP contribution in [0.4, 0.5) is 10.5 Å². The van der Waals surface area contributed by atoms with Crippen LogP contribution in [0.1, 0.15) is 35.8 Å². The summed E-state index contributed by atoms with van der Waals surface area (Å²) < 4.78 is 6.85. The van der Waals surface area contributed by atoms with Gasteiger partial charge in [-0.05, 0) is 85.4 Å². The number of esters is 1. The molecule has 1 aliphatic rings. The monoisotopic (exact) mass is 655 g/mol. The largest absolute Gasteiger partial charge is 0.461 e. The van der Waals surface area contributed by atoms with Gasteiger partial charge in [0.1, 0.15) is 5.52 Å². The van der Waals surface area contributed by atoms with E-state index in [1.807, 2.05) is 36.4 Å². The Hall–Kier alpha value is -6.14. The van der Waals surface area contributed by atoms with Crippen LogP contribution in [0, 0.1) is 0 Å². The third-order valence-electron chi connectivity index (χ3n) is 8.54. The normalized spacial score (nSPS) is 13.1. The van der Waals surface area contributed by atoms with Crippen LogP contribution < -0.4 is 16.6 Å². The lowest BCUT2D eigenvalue weighted by molar-refractivity contribution is 0.0521. The van der Waals surface area contributed by atoms with Crippen molar-refractivity contribution in [1.82, 2.24) is 29.2 Å². The lowest BCUT2D eigenvalue weighted by atomic mass is 9.99. The molecule has 3 aromatic heterocycles. The van der Waals surface area contributed by atoms with E-state index in [1.165, 1.54) is 23.1 Å². The predicted molar refractivity (Wildman–Crippen MR) is 186 cm³/mol. The molecule has 1 amide bonds. The Morgan fingerprint density at radius 2 is 1.67 bits per heavy atom. The molecule has 12 heteroatoms. The van der Waals surface area contributed by atoms with Gasteiger partial charge < -0.3 is 15.0 Å². The number of hydrogen-bond acceptors (Lipinski definition) is 8. The van der Waals surface area contributed by atoms with E-state index in [0.29, 0.717) is 15.9 Å². The van der Waals surface area contributed by atoms with Crippen molar-refractivity contribution in [1.29, 1.82) is 0 Å². The second kappa shape index (κ2) is 13.5. The number of rotatable bonds is 8. The standard InChI is InChI=1S/C37H33N7O5/c1-2-49-35(46)32-31-33(44(41-32)29-12-7-10-25(21-29)26-11-8-18-38-22-26)34(45)43(37(48)40-31)36(47)39-28-16-14-24(15-17-28)30-13-4-3-9-27(30)23-42-19-5-6-20-42/h3-4,7-18,21-22H,2,5-6,19-20,23H2,1H3,(H,39,47)(H,40,48). The zero-order chi connectivity index (χ0) is 33.9.